The maximum absolute atomic E-state index is 12.3. The molecular weight excluding hydrogens is 332 g/mol. The number of carbonyl (C=O) groups is 1. The summed E-state index contributed by atoms with van der Waals surface area (Å²) >= 11 is 0. The second-order valence-corrected chi connectivity index (χ2v) is 5.53. The van der Waals surface area contributed by atoms with Crippen LogP contribution in [0.15, 0.2) is 66.0 Å². The molecule has 1 aromatic heterocycles. The molecule has 1 amide bonds. The Morgan fingerprint density at radius 2 is 2.19 bits per heavy atom. The van der Waals surface area contributed by atoms with Gasteiger partial charge in [-0.3, -0.25) is 9.48 Å². The lowest BCUT2D eigenvalue weighted by Crippen LogP contribution is -2.18. The molecule has 0 unspecified atom stereocenters. The number of benzene rings is 2. The lowest BCUT2D eigenvalue weighted by Gasteiger charge is -2.05. The normalized spacial score (nSPS) is 10.8. The number of nitrogens with one attached hydrogen (secondary N) is 1. The van der Waals surface area contributed by atoms with Gasteiger partial charge in [0.25, 0.3) is 5.91 Å². The first kappa shape index (κ1) is 17.2. The van der Waals surface area contributed by atoms with Gasteiger partial charge in [-0.2, -0.15) is 10.2 Å². The molecule has 2 aromatic carbocycles. The number of nitrogens with zero attached hydrogens (tertiary/aromatic N) is 3. The Labute approximate surface area is 150 Å². The van der Waals surface area contributed by atoms with Crippen molar-refractivity contribution in [1.29, 1.82) is 0 Å². The molecular formula is C19H18N4O3. The van der Waals surface area contributed by atoms with Crippen LogP contribution in [0, 0.1) is 0 Å². The first-order chi connectivity index (χ1) is 12.7. The van der Waals surface area contributed by atoms with Crippen molar-refractivity contribution in [3.8, 4) is 11.5 Å². The maximum Gasteiger partial charge on any atom is 0.271 e. The number of methoxy groups -OCH3 is 1. The van der Waals surface area contributed by atoms with Crippen molar-refractivity contribution in [3.05, 3.63) is 77.6 Å². The molecule has 0 bridgehead atoms. The number of hydrazone groups is 1. The molecule has 2 N–H and O–H groups in total. The molecule has 0 saturated heterocycles. The highest BCUT2D eigenvalue weighted by molar-refractivity contribution is 5.95. The minimum absolute atomic E-state index is 0.0442. The predicted octanol–water partition coefficient (Wildman–Crippen LogP) is 2.41. The van der Waals surface area contributed by atoms with Crippen LogP contribution in [0.2, 0.25) is 0 Å². The monoisotopic (exact) mass is 350 g/mol. The van der Waals surface area contributed by atoms with Gasteiger partial charge in [0.15, 0.2) is 11.5 Å². The second kappa shape index (κ2) is 7.98. The third kappa shape index (κ3) is 4.27. The number of aromatic nitrogens is 2. The molecule has 132 valence electrons. The Bertz CT molecular complexity index is 920. The molecule has 0 aliphatic rings. The van der Waals surface area contributed by atoms with Crippen molar-refractivity contribution < 1.29 is 14.6 Å². The van der Waals surface area contributed by atoms with Gasteiger partial charge in [0, 0.05) is 18.0 Å². The zero-order chi connectivity index (χ0) is 18.4. The minimum Gasteiger partial charge on any atom is -0.504 e. The number of ether oxygens (including phenoxy) is 1. The summed E-state index contributed by atoms with van der Waals surface area (Å²) in [6.45, 7) is 0.588. The van der Waals surface area contributed by atoms with E-state index < -0.39 is 0 Å². The number of phenolic OH excluding ortho intramolecular Hbond substituents is 1. The fourth-order valence-corrected chi connectivity index (χ4v) is 2.40. The summed E-state index contributed by atoms with van der Waals surface area (Å²) in [6, 6.07) is 13.9. The standard InChI is InChI=1S/C19H18N4O3/c1-26-18-11-14(6-7-17(18)24)12-20-22-19(25)16-5-2-4-15(10-16)13-23-9-3-8-21-23/h2-12,24H,13H2,1H3,(H,22,25)/b20-12+. The molecule has 26 heavy (non-hydrogen) atoms. The Morgan fingerprint density at radius 1 is 1.31 bits per heavy atom. The van der Waals surface area contributed by atoms with Crippen molar-refractivity contribution >= 4 is 12.1 Å². The van der Waals surface area contributed by atoms with Crippen LogP contribution in [0.4, 0.5) is 0 Å². The molecule has 7 heteroatoms. The van der Waals surface area contributed by atoms with Crippen LogP contribution in [-0.2, 0) is 6.54 Å². The number of phenols is 1. The molecule has 3 rings (SSSR count). The van der Waals surface area contributed by atoms with E-state index in [0.29, 0.717) is 23.4 Å². The fraction of sp³-hybridized carbons (Fsp3) is 0.105. The summed E-state index contributed by atoms with van der Waals surface area (Å²) in [7, 11) is 1.47. The molecule has 0 saturated carbocycles. The average Bonchev–Trinajstić information content (AvgIpc) is 3.16. The SMILES string of the molecule is COc1cc(/C=N/NC(=O)c2cccc(Cn3cccn3)c2)ccc1O. The summed E-state index contributed by atoms with van der Waals surface area (Å²) in [6.07, 6.45) is 5.06. The first-order valence-corrected chi connectivity index (χ1v) is 7.92. The zero-order valence-corrected chi connectivity index (χ0v) is 14.2. The van der Waals surface area contributed by atoms with E-state index in [1.54, 1.807) is 35.1 Å². The van der Waals surface area contributed by atoms with Crippen LogP contribution < -0.4 is 10.2 Å². The predicted molar refractivity (Wildman–Crippen MR) is 97.5 cm³/mol. The highest BCUT2D eigenvalue weighted by Gasteiger charge is 2.06. The van der Waals surface area contributed by atoms with Crippen molar-refractivity contribution in [1.82, 2.24) is 15.2 Å². The maximum atomic E-state index is 12.3. The Kier molecular flexibility index (Phi) is 5.28. The van der Waals surface area contributed by atoms with Crippen LogP contribution in [0.3, 0.4) is 0 Å². The molecule has 0 radical (unpaired) electrons. The van der Waals surface area contributed by atoms with Gasteiger partial charge in [-0.1, -0.05) is 12.1 Å². The van der Waals surface area contributed by atoms with E-state index in [1.807, 2.05) is 24.4 Å². The molecule has 3 aromatic rings. The summed E-state index contributed by atoms with van der Waals surface area (Å²) in [5.74, 6) is 0.0728. The van der Waals surface area contributed by atoms with E-state index in [1.165, 1.54) is 19.4 Å². The fourth-order valence-electron chi connectivity index (χ4n) is 2.40. The van der Waals surface area contributed by atoms with Crippen molar-refractivity contribution in [2.45, 2.75) is 6.54 Å². The number of rotatable bonds is 6. The second-order valence-electron chi connectivity index (χ2n) is 5.53. The minimum atomic E-state index is -0.311. The van der Waals surface area contributed by atoms with Crippen LogP contribution in [0.25, 0.3) is 0 Å². The number of hydrogen-bond acceptors (Lipinski definition) is 5. The molecule has 0 aliphatic carbocycles. The summed E-state index contributed by atoms with van der Waals surface area (Å²) < 4.78 is 6.82. The van der Waals surface area contributed by atoms with Gasteiger partial charge in [0.1, 0.15) is 0 Å². The first-order valence-electron chi connectivity index (χ1n) is 7.92. The van der Waals surface area contributed by atoms with Gasteiger partial charge in [-0.15, -0.1) is 0 Å². The van der Waals surface area contributed by atoms with Gasteiger partial charge >= 0.3 is 0 Å². The quantitative estimate of drug-likeness (QED) is 0.528. The number of aromatic hydroxyl groups is 1. The van der Waals surface area contributed by atoms with Crippen molar-refractivity contribution in [2.24, 2.45) is 5.10 Å². The van der Waals surface area contributed by atoms with Crippen LogP contribution in [0.1, 0.15) is 21.5 Å². The van der Waals surface area contributed by atoms with E-state index in [-0.39, 0.29) is 11.7 Å². The van der Waals surface area contributed by atoms with E-state index in [2.05, 4.69) is 15.6 Å². The highest BCUT2D eigenvalue weighted by Crippen LogP contribution is 2.25. The van der Waals surface area contributed by atoms with Gasteiger partial charge < -0.3 is 9.84 Å². The van der Waals surface area contributed by atoms with E-state index in [9.17, 15) is 9.90 Å². The third-order valence-electron chi connectivity index (χ3n) is 3.68. The summed E-state index contributed by atoms with van der Waals surface area (Å²) in [4.78, 5) is 12.3. The molecule has 0 aliphatic heterocycles. The van der Waals surface area contributed by atoms with Crippen LogP contribution >= 0.6 is 0 Å². The smallest absolute Gasteiger partial charge is 0.271 e. The Morgan fingerprint density at radius 3 is 2.96 bits per heavy atom. The largest absolute Gasteiger partial charge is 0.504 e. The third-order valence-corrected chi connectivity index (χ3v) is 3.68. The zero-order valence-electron chi connectivity index (χ0n) is 14.2. The number of hydrogen-bond donors (Lipinski definition) is 2. The van der Waals surface area contributed by atoms with E-state index in [4.69, 9.17) is 4.74 Å². The van der Waals surface area contributed by atoms with Crippen molar-refractivity contribution in [3.63, 3.8) is 0 Å². The van der Waals surface area contributed by atoms with Gasteiger partial charge in [-0.25, -0.2) is 5.43 Å². The summed E-state index contributed by atoms with van der Waals surface area (Å²) in [5, 5.41) is 17.7. The van der Waals surface area contributed by atoms with E-state index >= 15 is 0 Å². The average molecular weight is 350 g/mol. The lowest BCUT2D eigenvalue weighted by atomic mass is 10.1. The van der Waals surface area contributed by atoms with Gasteiger partial charge in [0.2, 0.25) is 0 Å². The Hall–Kier alpha value is -3.61. The van der Waals surface area contributed by atoms with Crippen molar-refractivity contribution in [2.75, 3.05) is 7.11 Å². The molecule has 1 heterocycles. The molecule has 0 atom stereocenters. The molecule has 7 nitrogen and oxygen atoms in total. The van der Waals surface area contributed by atoms with Gasteiger partial charge in [0.05, 0.1) is 19.9 Å². The number of amides is 1. The molecule has 0 fully saturated rings. The topological polar surface area (TPSA) is 88.7 Å². The highest BCUT2D eigenvalue weighted by atomic mass is 16.5. The summed E-state index contributed by atoms with van der Waals surface area (Å²) in [5.41, 5.74) is 4.65. The van der Waals surface area contributed by atoms with Gasteiger partial charge in [-0.05, 0) is 47.5 Å². The van der Waals surface area contributed by atoms with Crippen LogP contribution in [-0.4, -0.2) is 34.1 Å². The lowest BCUT2D eigenvalue weighted by molar-refractivity contribution is 0.0955. The van der Waals surface area contributed by atoms with E-state index in [0.717, 1.165) is 5.56 Å². The Balaban J connectivity index is 1.64. The van der Waals surface area contributed by atoms with Crippen LogP contribution in [0.5, 0.6) is 11.5 Å². The molecule has 0 spiro atoms. The number of carbonyl (C=O) groups excluding carboxylic acids is 1.